The van der Waals surface area contributed by atoms with Crippen LogP contribution in [0.15, 0.2) is 0 Å². The number of carbonyl (C=O) groups is 1. The highest BCUT2D eigenvalue weighted by Crippen LogP contribution is 1.96. The Hall–Kier alpha value is -0.620. The van der Waals surface area contributed by atoms with E-state index in [-0.39, 0.29) is 18.5 Å². The third kappa shape index (κ3) is 5.18. The standard InChI is InChI=1S/C8H18N2O3S/c1-5-10(14(4,12)13)6-8(11)9-7(2)3/h7H,5-6H2,1-4H3,(H,9,11). The largest absolute Gasteiger partial charge is 0.353 e. The third-order valence-corrected chi connectivity index (χ3v) is 2.92. The topological polar surface area (TPSA) is 66.5 Å². The summed E-state index contributed by atoms with van der Waals surface area (Å²) in [6.45, 7) is 5.56. The van der Waals surface area contributed by atoms with Gasteiger partial charge in [-0.3, -0.25) is 4.79 Å². The summed E-state index contributed by atoms with van der Waals surface area (Å²) in [6.07, 6.45) is 1.10. The molecule has 0 aliphatic heterocycles. The van der Waals surface area contributed by atoms with E-state index in [4.69, 9.17) is 0 Å². The Kier molecular flexibility index (Phi) is 5.07. The molecule has 0 aromatic heterocycles. The number of likely N-dealkylation sites (N-methyl/N-ethyl adjacent to an activating group) is 1. The number of hydrogen-bond donors (Lipinski definition) is 1. The van der Waals surface area contributed by atoms with E-state index in [0.29, 0.717) is 6.54 Å². The number of amides is 1. The second kappa shape index (κ2) is 5.31. The number of carbonyl (C=O) groups excluding carboxylic acids is 1. The lowest BCUT2D eigenvalue weighted by Gasteiger charge is -2.18. The summed E-state index contributed by atoms with van der Waals surface area (Å²) in [4.78, 5) is 11.3. The number of sulfonamides is 1. The molecule has 0 saturated heterocycles. The Morgan fingerprint density at radius 2 is 1.93 bits per heavy atom. The van der Waals surface area contributed by atoms with Gasteiger partial charge >= 0.3 is 0 Å². The molecule has 0 aromatic carbocycles. The number of rotatable bonds is 5. The minimum Gasteiger partial charge on any atom is -0.353 e. The van der Waals surface area contributed by atoms with Crippen LogP contribution >= 0.6 is 0 Å². The Balaban J connectivity index is 4.28. The van der Waals surface area contributed by atoms with Crippen LogP contribution in [-0.2, 0) is 14.8 Å². The van der Waals surface area contributed by atoms with Crippen molar-refractivity contribution >= 4 is 15.9 Å². The lowest BCUT2D eigenvalue weighted by atomic mass is 10.4. The second-order valence-electron chi connectivity index (χ2n) is 3.41. The van der Waals surface area contributed by atoms with Gasteiger partial charge in [-0.1, -0.05) is 6.92 Å². The molecular weight excluding hydrogens is 204 g/mol. The summed E-state index contributed by atoms with van der Waals surface area (Å²) in [6, 6.07) is 0.0285. The summed E-state index contributed by atoms with van der Waals surface area (Å²) < 4.78 is 23.4. The highest BCUT2D eigenvalue weighted by Gasteiger charge is 2.17. The molecule has 0 heterocycles. The van der Waals surface area contributed by atoms with Gasteiger partial charge in [-0.2, -0.15) is 4.31 Å². The van der Waals surface area contributed by atoms with Crippen molar-refractivity contribution < 1.29 is 13.2 Å². The lowest BCUT2D eigenvalue weighted by molar-refractivity contribution is -0.121. The van der Waals surface area contributed by atoms with Gasteiger partial charge < -0.3 is 5.32 Å². The van der Waals surface area contributed by atoms with E-state index in [0.717, 1.165) is 10.6 Å². The van der Waals surface area contributed by atoms with Crippen molar-refractivity contribution in [2.45, 2.75) is 26.8 Å². The second-order valence-corrected chi connectivity index (χ2v) is 5.39. The van der Waals surface area contributed by atoms with Crippen LogP contribution in [0.1, 0.15) is 20.8 Å². The fourth-order valence-corrected chi connectivity index (χ4v) is 1.81. The third-order valence-electron chi connectivity index (χ3n) is 1.59. The number of nitrogens with zero attached hydrogens (tertiary/aromatic N) is 1. The average molecular weight is 222 g/mol. The summed E-state index contributed by atoms with van der Waals surface area (Å²) in [5.41, 5.74) is 0. The van der Waals surface area contributed by atoms with Gasteiger partial charge in [0.05, 0.1) is 12.8 Å². The number of hydrogen-bond acceptors (Lipinski definition) is 3. The smallest absolute Gasteiger partial charge is 0.235 e. The van der Waals surface area contributed by atoms with E-state index in [2.05, 4.69) is 5.32 Å². The van der Waals surface area contributed by atoms with Crippen LogP contribution < -0.4 is 5.32 Å². The molecule has 0 bridgehead atoms. The Labute approximate surface area is 85.5 Å². The van der Waals surface area contributed by atoms with Crippen LogP contribution in [0.2, 0.25) is 0 Å². The molecule has 0 radical (unpaired) electrons. The van der Waals surface area contributed by atoms with E-state index >= 15 is 0 Å². The molecular formula is C8H18N2O3S. The van der Waals surface area contributed by atoms with Gasteiger partial charge in [-0.25, -0.2) is 8.42 Å². The highest BCUT2D eigenvalue weighted by atomic mass is 32.2. The van der Waals surface area contributed by atoms with Gasteiger partial charge in [0.1, 0.15) is 0 Å². The first-order valence-corrected chi connectivity index (χ1v) is 6.36. The molecule has 0 rings (SSSR count). The SMILES string of the molecule is CCN(CC(=O)NC(C)C)S(C)(=O)=O. The van der Waals surface area contributed by atoms with Crippen LogP contribution in [0, 0.1) is 0 Å². The molecule has 5 nitrogen and oxygen atoms in total. The first-order chi connectivity index (χ1) is 6.27. The first-order valence-electron chi connectivity index (χ1n) is 4.51. The maximum atomic E-state index is 11.3. The molecule has 84 valence electrons. The predicted molar refractivity (Wildman–Crippen MR) is 55.4 cm³/mol. The van der Waals surface area contributed by atoms with Crippen molar-refractivity contribution in [3.05, 3.63) is 0 Å². The van der Waals surface area contributed by atoms with Crippen LogP contribution in [-0.4, -0.2) is 44.0 Å². The molecule has 0 unspecified atom stereocenters. The van der Waals surface area contributed by atoms with Crippen molar-refractivity contribution in [3.8, 4) is 0 Å². The van der Waals surface area contributed by atoms with Crippen molar-refractivity contribution in [2.75, 3.05) is 19.3 Å². The highest BCUT2D eigenvalue weighted by molar-refractivity contribution is 7.88. The average Bonchev–Trinajstić information content (AvgIpc) is 1.96. The van der Waals surface area contributed by atoms with Crippen molar-refractivity contribution in [1.29, 1.82) is 0 Å². The zero-order chi connectivity index (χ0) is 11.4. The number of nitrogens with one attached hydrogen (secondary N) is 1. The Morgan fingerprint density at radius 3 is 2.21 bits per heavy atom. The summed E-state index contributed by atoms with van der Waals surface area (Å²) in [5.74, 6) is -0.271. The van der Waals surface area contributed by atoms with Gasteiger partial charge in [-0.05, 0) is 13.8 Å². The monoisotopic (exact) mass is 222 g/mol. The normalized spacial score (nSPS) is 12.1. The zero-order valence-corrected chi connectivity index (χ0v) is 9.89. The van der Waals surface area contributed by atoms with Crippen molar-refractivity contribution in [1.82, 2.24) is 9.62 Å². The maximum absolute atomic E-state index is 11.3. The molecule has 1 N–H and O–H groups in total. The summed E-state index contributed by atoms with van der Waals surface area (Å²) >= 11 is 0. The van der Waals surface area contributed by atoms with E-state index in [1.165, 1.54) is 0 Å². The molecule has 0 aromatic rings. The van der Waals surface area contributed by atoms with E-state index < -0.39 is 10.0 Å². The summed E-state index contributed by atoms with van der Waals surface area (Å²) in [7, 11) is -3.27. The molecule has 6 heteroatoms. The molecule has 0 atom stereocenters. The summed E-state index contributed by atoms with van der Waals surface area (Å²) in [5, 5.41) is 2.63. The van der Waals surface area contributed by atoms with Crippen LogP contribution in [0.3, 0.4) is 0 Å². The van der Waals surface area contributed by atoms with E-state index in [1.54, 1.807) is 6.92 Å². The molecule has 0 spiro atoms. The molecule has 0 fully saturated rings. The van der Waals surface area contributed by atoms with Gasteiger partial charge in [0.25, 0.3) is 0 Å². The zero-order valence-electron chi connectivity index (χ0n) is 9.07. The molecule has 14 heavy (non-hydrogen) atoms. The molecule has 0 aliphatic carbocycles. The van der Waals surface area contributed by atoms with Crippen LogP contribution in [0.4, 0.5) is 0 Å². The van der Waals surface area contributed by atoms with E-state index in [9.17, 15) is 13.2 Å². The van der Waals surface area contributed by atoms with Gasteiger partial charge in [0.2, 0.25) is 15.9 Å². The van der Waals surface area contributed by atoms with Crippen molar-refractivity contribution in [3.63, 3.8) is 0 Å². The Morgan fingerprint density at radius 1 is 1.43 bits per heavy atom. The van der Waals surface area contributed by atoms with Crippen LogP contribution in [0.5, 0.6) is 0 Å². The minimum absolute atomic E-state index is 0.0285. The quantitative estimate of drug-likeness (QED) is 0.700. The van der Waals surface area contributed by atoms with Crippen molar-refractivity contribution in [2.24, 2.45) is 0 Å². The molecule has 0 aliphatic rings. The fourth-order valence-electron chi connectivity index (χ4n) is 0.991. The minimum atomic E-state index is -3.27. The van der Waals surface area contributed by atoms with E-state index in [1.807, 2.05) is 13.8 Å². The van der Waals surface area contributed by atoms with Crippen LogP contribution in [0.25, 0.3) is 0 Å². The van der Waals surface area contributed by atoms with Gasteiger partial charge in [0.15, 0.2) is 0 Å². The predicted octanol–water partition coefficient (Wildman–Crippen LogP) is -0.207. The fraction of sp³-hybridized carbons (Fsp3) is 0.875. The molecule has 0 saturated carbocycles. The first kappa shape index (κ1) is 13.4. The molecule has 1 amide bonds. The van der Waals surface area contributed by atoms with Gasteiger partial charge in [0, 0.05) is 12.6 Å². The lowest BCUT2D eigenvalue weighted by Crippen LogP contribution is -2.42. The maximum Gasteiger partial charge on any atom is 0.235 e. The Bertz CT molecular complexity index is 285. The van der Waals surface area contributed by atoms with Gasteiger partial charge in [-0.15, -0.1) is 0 Å².